The summed E-state index contributed by atoms with van der Waals surface area (Å²) in [5.74, 6) is 8.26. The van der Waals surface area contributed by atoms with Gasteiger partial charge in [-0.2, -0.15) is 0 Å². The number of nitrogens with one attached hydrogen (secondary N) is 1. The van der Waals surface area contributed by atoms with Crippen LogP contribution in [0.5, 0.6) is 0 Å². The zero-order valence-corrected chi connectivity index (χ0v) is 13.0. The second kappa shape index (κ2) is 6.45. The highest BCUT2D eigenvalue weighted by atomic mass is 32.2. The van der Waals surface area contributed by atoms with Crippen LogP contribution >= 0.6 is 11.8 Å². The van der Waals surface area contributed by atoms with Crippen LogP contribution in [0.15, 0.2) is 29.2 Å². The van der Waals surface area contributed by atoms with Crippen LogP contribution < -0.4 is 11.3 Å². The summed E-state index contributed by atoms with van der Waals surface area (Å²) in [6.07, 6.45) is 4.41. The Morgan fingerprint density at radius 3 is 2.62 bits per heavy atom. The van der Waals surface area contributed by atoms with Crippen molar-refractivity contribution in [2.24, 2.45) is 5.84 Å². The fraction of sp³-hybridized carbons (Fsp3) is 0.375. The first-order chi connectivity index (χ1) is 10.3. The molecule has 0 saturated carbocycles. The molecule has 1 heterocycles. The summed E-state index contributed by atoms with van der Waals surface area (Å²) in [7, 11) is 0. The first-order valence-electron chi connectivity index (χ1n) is 7.41. The maximum absolute atomic E-state index is 5.64. The number of benzene rings is 1. The molecule has 5 heteroatoms. The minimum absolute atomic E-state index is 0.761. The lowest BCUT2D eigenvalue weighted by atomic mass is 9.96. The molecule has 0 amide bonds. The molecule has 0 atom stereocenters. The van der Waals surface area contributed by atoms with E-state index in [4.69, 9.17) is 10.8 Å². The number of hydrogen-bond acceptors (Lipinski definition) is 5. The Labute approximate surface area is 129 Å². The molecular weight excluding hydrogens is 280 g/mol. The smallest absolute Gasteiger partial charge is 0.161 e. The number of nitrogens with zero attached hydrogens (tertiary/aromatic N) is 2. The number of aromatic nitrogens is 2. The molecule has 0 saturated heterocycles. The topological polar surface area (TPSA) is 63.8 Å². The van der Waals surface area contributed by atoms with E-state index in [-0.39, 0.29) is 0 Å². The van der Waals surface area contributed by atoms with Crippen molar-refractivity contribution in [1.82, 2.24) is 9.97 Å². The van der Waals surface area contributed by atoms with Crippen LogP contribution in [0.3, 0.4) is 0 Å². The number of hydrogen-bond donors (Lipinski definition) is 2. The zero-order chi connectivity index (χ0) is 14.7. The summed E-state index contributed by atoms with van der Waals surface area (Å²) in [4.78, 5) is 10.6. The molecule has 0 spiro atoms. The summed E-state index contributed by atoms with van der Waals surface area (Å²) >= 11 is 1.84. The number of nitrogens with two attached hydrogens (primary N) is 1. The van der Waals surface area contributed by atoms with Gasteiger partial charge in [0.05, 0.1) is 0 Å². The van der Waals surface area contributed by atoms with Crippen molar-refractivity contribution in [3.63, 3.8) is 0 Å². The van der Waals surface area contributed by atoms with Crippen LogP contribution in [-0.4, -0.2) is 15.7 Å². The normalized spacial score (nSPS) is 13.8. The van der Waals surface area contributed by atoms with Gasteiger partial charge < -0.3 is 5.43 Å². The van der Waals surface area contributed by atoms with Crippen molar-refractivity contribution in [3.8, 4) is 11.4 Å². The van der Waals surface area contributed by atoms with Gasteiger partial charge in [0.15, 0.2) is 5.82 Å². The third-order valence-electron chi connectivity index (χ3n) is 3.74. The Morgan fingerprint density at radius 2 is 1.90 bits per heavy atom. The predicted octanol–water partition coefficient (Wildman–Crippen LogP) is 3.42. The van der Waals surface area contributed by atoms with E-state index in [1.165, 1.54) is 23.3 Å². The third kappa shape index (κ3) is 3.04. The SMILES string of the molecule is CCSc1ccc(-c2nc3c(c(NN)n2)CCCC3)cc1. The standard InChI is InChI=1S/C16H20N4S/c1-2-21-12-9-7-11(8-10-12)15-18-14-6-4-3-5-13(14)16(19-15)20-17/h7-10H,2-6,17H2,1H3,(H,18,19,20). The molecule has 0 radical (unpaired) electrons. The minimum Gasteiger partial charge on any atom is -0.308 e. The van der Waals surface area contributed by atoms with Gasteiger partial charge in [0.2, 0.25) is 0 Å². The van der Waals surface area contributed by atoms with Crippen LogP contribution in [-0.2, 0) is 12.8 Å². The molecule has 3 N–H and O–H groups in total. The van der Waals surface area contributed by atoms with E-state index < -0.39 is 0 Å². The number of hydrazine groups is 1. The minimum atomic E-state index is 0.761. The molecule has 4 nitrogen and oxygen atoms in total. The molecule has 21 heavy (non-hydrogen) atoms. The molecule has 1 aromatic heterocycles. The highest BCUT2D eigenvalue weighted by Gasteiger charge is 2.17. The second-order valence-electron chi connectivity index (χ2n) is 5.13. The van der Waals surface area contributed by atoms with Crippen molar-refractivity contribution in [3.05, 3.63) is 35.5 Å². The Kier molecular flexibility index (Phi) is 4.41. The van der Waals surface area contributed by atoms with E-state index >= 15 is 0 Å². The van der Waals surface area contributed by atoms with Crippen molar-refractivity contribution >= 4 is 17.6 Å². The highest BCUT2D eigenvalue weighted by molar-refractivity contribution is 7.99. The Balaban J connectivity index is 1.98. The molecular formula is C16H20N4S. The number of thioether (sulfide) groups is 1. The number of nitrogen functional groups attached to an aromatic ring is 1. The lowest BCUT2D eigenvalue weighted by Crippen LogP contribution is -2.17. The molecule has 0 fully saturated rings. The molecule has 1 aliphatic carbocycles. The van der Waals surface area contributed by atoms with Crippen molar-refractivity contribution in [2.75, 3.05) is 11.2 Å². The van der Waals surface area contributed by atoms with E-state index in [0.717, 1.165) is 41.5 Å². The predicted molar refractivity (Wildman–Crippen MR) is 88.3 cm³/mol. The lowest BCUT2D eigenvalue weighted by molar-refractivity contribution is 0.665. The summed E-state index contributed by atoms with van der Waals surface area (Å²) in [5, 5.41) is 0. The summed E-state index contributed by atoms with van der Waals surface area (Å²) in [6.45, 7) is 2.16. The van der Waals surface area contributed by atoms with Gasteiger partial charge in [-0.1, -0.05) is 19.1 Å². The number of rotatable bonds is 4. The van der Waals surface area contributed by atoms with E-state index in [0.29, 0.717) is 0 Å². The first-order valence-corrected chi connectivity index (χ1v) is 8.40. The van der Waals surface area contributed by atoms with Crippen LogP contribution in [0, 0.1) is 0 Å². The van der Waals surface area contributed by atoms with Gasteiger partial charge in [0.1, 0.15) is 5.82 Å². The van der Waals surface area contributed by atoms with E-state index in [2.05, 4.69) is 41.6 Å². The first kappa shape index (κ1) is 14.4. The van der Waals surface area contributed by atoms with Gasteiger partial charge in [-0.25, -0.2) is 15.8 Å². The van der Waals surface area contributed by atoms with Gasteiger partial charge in [0.25, 0.3) is 0 Å². The molecule has 2 aromatic rings. The quantitative estimate of drug-likeness (QED) is 0.514. The van der Waals surface area contributed by atoms with Gasteiger partial charge in [-0.05, 0) is 43.6 Å². The maximum atomic E-state index is 5.64. The van der Waals surface area contributed by atoms with Crippen molar-refractivity contribution in [1.29, 1.82) is 0 Å². The van der Waals surface area contributed by atoms with Gasteiger partial charge in [0, 0.05) is 21.7 Å². The van der Waals surface area contributed by atoms with Crippen LogP contribution in [0.25, 0.3) is 11.4 Å². The Morgan fingerprint density at radius 1 is 1.14 bits per heavy atom. The van der Waals surface area contributed by atoms with E-state index in [1.54, 1.807) is 0 Å². The van der Waals surface area contributed by atoms with Gasteiger partial charge >= 0.3 is 0 Å². The van der Waals surface area contributed by atoms with Gasteiger partial charge in [-0.15, -0.1) is 11.8 Å². The van der Waals surface area contributed by atoms with Crippen LogP contribution in [0.1, 0.15) is 31.0 Å². The second-order valence-corrected chi connectivity index (χ2v) is 6.47. The molecule has 0 aliphatic heterocycles. The molecule has 3 rings (SSSR count). The van der Waals surface area contributed by atoms with Crippen LogP contribution in [0.4, 0.5) is 5.82 Å². The summed E-state index contributed by atoms with van der Waals surface area (Å²) in [5.41, 5.74) is 6.11. The average molecular weight is 300 g/mol. The molecule has 1 aliphatic rings. The van der Waals surface area contributed by atoms with E-state index in [1.807, 2.05) is 11.8 Å². The fourth-order valence-corrected chi connectivity index (χ4v) is 3.37. The molecule has 1 aromatic carbocycles. The molecule has 110 valence electrons. The zero-order valence-electron chi connectivity index (χ0n) is 12.2. The lowest BCUT2D eigenvalue weighted by Gasteiger charge is -2.18. The van der Waals surface area contributed by atoms with Crippen LogP contribution in [0.2, 0.25) is 0 Å². The maximum Gasteiger partial charge on any atom is 0.161 e. The third-order valence-corrected chi connectivity index (χ3v) is 4.64. The number of fused-ring (bicyclic) bond motifs is 1. The molecule has 0 unspecified atom stereocenters. The Hall–Kier alpha value is -1.59. The molecule has 0 bridgehead atoms. The number of anilines is 1. The van der Waals surface area contributed by atoms with Crippen molar-refractivity contribution in [2.45, 2.75) is 37.5 Å². The van der Waals surface area contributed by atoms with Gasteiger partial charge in [-0.3, -0.25) is 0 Å². The largest absolute Gasteiger partial charge is 0.308 e. The Bertz CT molecular complexity index is 608. The summed E-state index contributed by atoms with van der Waals surface area (Å²) < 4.78 is 0. The summed E-state index contributed by atoms with van der Waals surface area (Å²) in [6, 6.07) is 8.43. The van der Waals surface area contributed by atoms with E-state index in [9.17, 15) is 0 Å². The number of aryl methyl sites for hydroxylation is 1. The average Bonchev–Trinajstić information content (AvgIpc) is 2.55. The fourth-order valence-electron chi connectivity index (χ4n) is 2.71. The monoisotopic (exact) mass is 300 g/mol. The highest BCUT2D eigenvalue weighted by Crippen LogP contribution is 2.28. The van der Waals surface area contributed by atoms with Crippen molar-refractivity contribution < 1.29 is 0 Å².